The van der Waals surface area contributed by atoms with E-state index in [2.05, 4.69) is 10.1 Å². The summed E-state index contributed by atoms with van der Waals surface area (Å²) in [6.07, 6.45) is 0. The van der Waals surface area contributed by atoms with Crippen molar-refractivity contribution in [2.75, 3.05) is 18.5 Å². The van der Waals surface area contributed by atoms with Gasteiger partial charge in [0.15, 0.2) is 0 Å². The van der Waals surface area contributed by atoms with E-state index < -0.39 is 35.7 Å². The maximum Gasteiger partial charge on any atom is 0.329 e. The molecule has 0 aliphatic carbocycles. The Morgan fingerprint density at radius 2 is 2.15 bits per heavy atom. The highest BCUT2D eigenvalue weighted by atomic mass is 16.6. The first kappa shape index (κ1) is 15.1. The van der Waals surface area contributed by atoms with Crippen molar-refractivity contribution in [1.82, 2.24) is 0 Å². The first-order valence-corrected chi connectivity index (χ1v) is 5.22. The van der Waals surface area contributed by atoms with E-state index in [1.54, 1.807) is 6.07 Å². The third-order valence-electron chi connectivity index (χ3n) is 2.06. The largest absolute Gasteiger partial charge is 0.480 e. The highest BCUT2D eigenvalue weighted by molar-refractivity contribution is 5.94. The van der Waals surface area contributed by atoms with E-state index in [1.165, 1.54) is 12.1 Å². The average molecular weight is 279 g/mol. The molecule has 1 aromatic carbocycles. The number of anilines is 1. The zero-order valence-corrected chi connectivity index (χ0v) is 10.0. The van der Waals surface area contributed by atoms with Gasteiger partial charge in [-0.25, -0.2) is 4.79 Å². The minimum atomic E-state index is -1.23. The molecule has 0 atom stereocenters. The molecule has 0 saturated heterocycles. The Balaban J connectivity index is 2.77. The summed E-state index contributed by atoms with van der Waals surface area (Å²) in [7, 11) is 0. The maximum absolute atomic E-state index is 11.4. The summed E-state index contributed by atoms with van der Waals surface area (Å²) in [6, 6.07) is 5.28. The van der Waals surface area contributed by atoms with Crippen molar-refractivity contribution < 1.29 is 24.4 Å². The zero-order valence-electron chi connectivity index (χ0n) is 10.0. The van der Waals surface area contributed by atoms with Crippen molar-refractivity contribution in [1.29, 1.82) is 5.26 Å². The number of nitro benzene ring substituents is 1. The lowest BCUT2D eigenvalue weighted by atomic mass is 10.2. The van der Waals surface area contributed by atoms with E-state index in [1.807, 2.05) is 0 Å². The Bertz CT molecular complexity index is 592. The summed E-state index contributed by atoms with van der Waals surface area (Å²) in [5.74, 6) is -1.97. The second kappa shape index (κ2) is 6.81. The minimum Gasteiger partial charge on any atom is -0.480 e. The van der Waals surface area contributed by atoms with Crippen molar-refractivity contribution in [2.24, 2.45) is 0 Å². The number of nitrogens with one attached hydrogen (secondary N) is 1. The third-order valence-corrected chi connectivity index (χ3v) is 2.06. The smallest absolute Gasteiger partial charge is 0.329 e. The molecule has 0 heterocycles. The van der Waals surface area contributed by atoms with E-state index in [-0.39, 0.29) is 11.3 Å². The molecule has 0 aromatic heterocycles. The van der Waals surface area contributed by atoms with E-state index in [0.29, 0.717) is 0 Å². The highest BCUT2D eigenvalue weighted by Crippen LogP contribution is 2.25. The predicted molar refractivity (Wildman–Crippen MR) is 64.9 cm³/mol. The molecule has 0 spiro atoms. The fourth-order valence-electron chi connectivity index (χ4n) is 1.28. The van der Waals surface area contributed by atoms with Gasteiger partial charge in [-0.05, 0) is 12.1 Å². The number of ether oxygens (including phenoxy) is 1. The summed E-state index contributed by atoms with van der Waals surface area (Å²) in [5, 5.41) is 30.0. The van der Waals surface area contributed by atoms with Crippen LogP contribution in [0.3, 0.4) is 0 Å². The van der Waals surface area contributed by atoms with Crippen molar-refractivity contribution in [3.63, 3.8) is 0 Å². The normalized spacial score (nSPS) is 9.55. The van der Waals surface area contributed by atoms with Gasteiger partial charge in [-0.3, -0.25) is 14.9 Å². The summed E-state index contributed by atoms with van der Waals surface area (Å²) < 4.78 is 4.54. The molecule has 20 heavy (non-hydrogen) atoms. The molecule has 1 aromatic rings. The molecule has 9 heteroatoms. The van der Waals surface area contributed by atoms with Crippen LogP contribution in [0.25, 0.3) is 0 Å². The number of amides is 1. The van der Waals surface area contributed by atoms with Crippen LogP contribution < -0.4 is 5.32 Å². The molecule has 0 fully saturated rings. The Kier molecular flexibility index (Phi) is 5.13. The van der Waals surface area contributed by atoms with Crippen LogP contribution in [0.15, 0.2) is 18.2 Å². The standard InChI is InChI=1S/C11H9N3O6/c12-4-7-1-2-8(9(3-7)14(18)19)13-10(15)5-20-6-11(16)17/h1-3H,5-6H2,(H,13,15)(H,16,17). The molecule has 0 aliphatic heterocycles. The Morgan fingerprint density at radius 3 is 2.70 bits per heavy atom. The first-order valence-electron chi connectivity index (χ1n) is 5.22. The molecule has 9 nitrogen and oxygen atoms in total. The van der Waals surface area contributed by atoms with Gasteiger partial charge in [0.1, 0.15) is 18.9 Å². The van der Waals surface area contributed by atoms with Gasteiger partial charge in [0.25, 0.3) is 11.6 Å². The SMILES string of the molecule is N#Cc1ccc(NC(=O)COCC(=O)O)c([N+](=O)[O-])c1. The summed E-state index contributed by atoms with van der Waals surface area (Å²) in [6.45, 7) is -1.20. The van der Waals surface area contributed by atoms with Crippen molar-refractivity contribution in [3.8, 4) is 6.07 Å². The fraction of sp³-hybridized carbons (Fsp3) is 0.182. The van der Waals surface area contributed by atoms with Gasteiger partial charge in [0.2, 0.25) is 0 Å². The number of carbonyl (C=O) groups excluding carboxylic acids is 1. The molecule has 1 amide bonds. The average Bonchev–Trinajstić information content (AvgIpc) is 2.38. The lowest BCUT2D eigenvalue weighted by Gasteiger charge is -2.06. The van der Waals surface area contributed by atoms with Gasteiger partial charge in [0.05, 0.1) is 16.6 Å². The van der Waals surface area contributed by atoms with Gasteiger partial charge in [-0.2, -0.15) is 5.26 Å². The van der Waals surface area contributed by atoms with Crippen LogP contribution in [0.4, 0.5) is 11.4 Å². The molecule has 0 aliphatic rings. The number of nitro groups is 1. The maximum atomic E-state index is 11.4. The van der Waals surface area contributed by atoms with Gasteiger partial charge >= 0.3 is 5.97 Å². The van der Waals surface area contributed by atoms with Crippen LogP contribution in [0.1, 0.15) is 5.56 Å². The number of hydrogen-bond donors (Lipinski definition) is 2. The van der Waals surface area contributed by atoms with Crippen LogP contribution in [0, 0.1) is 21.4 Å². The molecule has 2 N–H and O–H groups in total. The molecule has 1 rings (SSSR count). The summed E-state index contributed by atoms with van der Waals surface area (Å²) >= 11 is 0. The number of aliphatic carboxylic acids is 1. The van der Waals surface area contributed by atoms with Crippen molar-refractivity contribution in [2.45, 2.75) is 0 Å². The van der Waals surface area contributed by atoms with Crippen molar-refractivity contribution >= 4 is 23.3 Å². The fourth-order valence-corrected chi connectivity index (χ4v) is 1.28. The Labute approximate surface area is 112 Å². The van der Waals surface area contributed by atoms with E-state index >= 15 is 0 Å². The quantitative estimate of drug-likeness (QED) is 0.570. The highest BCUT2D eigenvalue weighted by Gasteiger charge is 2.17. The number of carboxylic acid groups (broad SMARTS) is 1. The Morgan fingerprint density at radius 1 is 1.45 bits per heavy atom. The number of nitrogens with zero attached hydrogens (tertiary/aromatic N) is 2. The monoisotopic (exact) mass is 279 g/mol. The number of benzene rings is 1. The number of carbonyl (C=O) groups is 2. The Hall–Kier alpha value is -2.99. The molecule has 104 valence electrons. The van der Waals surface area contributed by atoms with E-state index in [9.17, 15) is 19.7 Å². The van der Waals surface area contributed by atoms with Crippen LogP contribution in [-0.4, -0.2) is 35.1 Å². The summed E-state index contributed by atoms with van der Waals surface area (Å²) in [4.78, 5) is 31.7. The number of nitriles is 1. The van der Waals surface area contributed by atoms with E-state index in [0.717, 1.165) is 6.07 Å². The van der Waals surface area contributed by atoms with Crippen LogP contribution in [0.2, 0.25) is 0 Å². The van der Waals surface area contributed by atoms with Gasteiger partial charge < -0.3 is 15.2 Å². The van der Waals surface area contributed by atoms with Crippen molar-refractivity contribution in [3.05, 3.63) is 33.9 Å². The second-order valence-electron chi connectivity index (χ2n) is 3.54. The first-order chi connectivity index (χ1) is 9.43. The number of hydrogen-bond acceptors (Lipinski definition) is 6. The van der Waals surface area contributed by atoms with Gasteiger partial charge in [-0.15, -0.1) is 0 Å². The van der Waals surface area contributed by atoms with Crippen LogP contribution in [-0.2, 0) is 14.3 Å². The van der Waals surface area contributed by atoms with E-state index in [4.69, 9.17) is 10.4 Å². The minimum absolute atomic E-state index is 0.0804. The zero-order chi connectivity index (χ0) is 15.1. The second-order valence-corrected chi connectivity index (χ2v) is 3.54. The number of rotatable bonds is 6. The lowest BCUT2D eigenvalue weighted by Crippen LogP contribution is -2.21. The lowest BCUT2D eigenvalue weighted by molar-refractivity contribution is -0.384. The third kappa shape index (κ3) is 4.35. The molecule has 0 unspecified atom stereocenters. The molecule has 0 radical (unpaired) electrons. The van der Waals surface area contributed by atoms with Crippen LogP contribution in [0.5, 0.6) is 0 Å². The topological polar surface area (TPSA) is 143 Å². The van der Waals surface area contributed by atoms with Gasteiger partial charge in [0, 0.05) is 6.07 Å². The summed E-state index contributed by atoms with van der Waals surface area (Å²) in [5.41, 5.74) is -0.453. The van der Waals surface area contributed by atoms with Gasteiger partial charge in [-0.1, -0.05) is 0 Å². The predicted octanol–water partition coefficient (Wildman–Crippen LogP) is 0.506. The molecular formula is C11H9N3O6. The molecule has 0 saturated carbocycles. The molecule has 0 bridgehead atoms. The van der Waals surface area contributed by atoms with Crippen LogP contribution >= 0.6 is 0 Å². The number of carboxylic acids is 1. The molecular weight excluding hydrogens is 270 g/mol.